The molecule has 0 aromatic heterocycles. The number of sulfone groups is 1. The number of hydrogen-bond acceptors (Lipinski definition) is 5. The smallest absolute Gasteiger partial charge is 0.326 e. The number of carboxylic acids is 1. The van der Waals surface area contributed by atoms with E-state index in [0.717, 1.165) is 4.90 Å². The molecule has 2 heterocycles. The standard InChI is InChI=1S/C11H18N2O6S/c1-11(2-3-20(18,19)6-11)12-10(17)13-5-7(14)4-8(13)9(15)16/h7-8,14H,2-6H2,1H3,(H,12,17)(H,15,16)/t7-,8-,11?/m1/s1. The molecule has 20 heavy (non-hydrogen) atoms. The predicted octanol–water partition coefficient (Wildman–Crippen LogP) is -1.21. The lowest BCUT2D eigenvalue weighted by atomic mass is 10.0. The summed E-state index contributed by atoms with van der Waals surface area (Å²) in [6.45, 7) is 1.56. The van der Waals surface area contributed by atoms with E-state index in [2.05, 4.69) is 5.32 Å². The summed E-state index contributed by atoms with van der Waals surface area (Å²) in [7, 11) is -3.16. The van der Waals surface area contributed by atoms with Crippen LogP contribution in [-0.4, -0.2) is 71.3 Å². The van der Waals surface area contributed by atoms with Gasteiger partial charge in [-0.05, 0) is 13.3 Å². The lowest BCUT2D eigenvalue weighted by molar-refractivity contribution is -0.141. The first kappa shape index (κ1) is 15.0. The van der Waals surface area contributed by atoms with Crippen molar-refractivity contribution in [2.45, 2.75) is 37.5 Å². The average Bonchev–Trinajstić information content (AvgIpc) is 2.79. The minimum atomic E-state index is -3.16. The van der Waals surface area contributed by atoms with Crippen LogP contribution in [0.5, 0.6) is 0 Å². The van der Waals surface area contributed by atoms with Crippen LogP contribution in [0.1, 0.15) is 19.8 Å². The first-order valence-electron chi connectivity index (χ1n) is 6.32. The fourth-order valence-electron chi connectivity index (χ4n) is 2.71. The Morgan fingerprint density at radius 1 is 1.40 bits per heavy atom. The second kappa shape index (κ2) is 4.88. The van der Waals surface area contributed by atoms with Crippen LogP contribution in [0.4, 0.5) is 4.79 Å². The van der Waals surface area contributed by atoms with Crippen LogP contribution in [0.25, 0.3) is 0 Å². The van der Waals surface area contributed by atoms with E-state index in [9.17, 15) is 23.1 Å². The van der Waals surface area contributed by atoms with Crippen LogP contribution in [0.15, 0.2) is 0 Å². The normalized spacial score (nSPS) is 36.0. The average molecular weight is 306 g/mol. The number of nitrogens with one attached hydrogen (secondary N) is 1. The Kier molecular flexibility index (Phi) is 3.67. The van der Waals surface area contributed by atoms with E-state index in [4.69, 9.17) is 5.11 Å². The zero-order valence-electron chi connectivity index (χ0n) is 11.1. The fourth-order valence-corrected chi connectivity index (χ4v) is 4.80. The van der Waals surface area contributed by atoms with Gasteiger partial charge >= 0.3 is 12.0 Å². The third-order valence-electron chi connectivity index (χ3n) is 3.74. The van der Waals surface area contributed by atoms with Crippen molar-refractivity contribution in [2.24, 2.45) is 0 Å². The molecule has 0 saturated carbocycles. The number of likely N-dealkylation sites (tertiary alicyclic amines) is 1. The molecule has 8 nitrogen and oxygen atoms in total. The third-order valence-corrected chi connectivity index (χ3v) is 5.64. The van der Waals surface area contributed by atoms with Crippen LogP contribution in [-0.2, 0) is 14.6 Å². The fraction of sp³-hybridized carbons (Fsp3) is 0.818. The number of hydrogen-bond donors (Lipinski definition) is 3. The van der Waals surface area contributed by atoms with Crippen LogP contribution < -0.4 is 5.32 Å². The highest BCUT2D eigenvalue weighted by Gasteiger charge is 2.44. The molecular formula is C11H18N2O6S. The highest BCUT2D eigenvalue weighted by atomic mass is 32.2. The van der Waals surface area contributed by atoms with E-state index >= 15 is 0 Å². The van der Waals surface area contributed by atoms with Crippen LogP contribution in [0, 0.1) is 0 Å². The van der Waals surface area contributed by atoms with E-state index in [-0.39, 0.29) is 24.5 Å². The first-order chi connectivity index (χ1) is 9.12. The first-order valence-corrected chi connectivity index (χ1v) is 8.14. The van der Waals surface area contributed by atoms with E-state index < -0.39 is 39.5 Å². The van der Waals surface area contributed by atoms with Gasteiger partial charge in [-0.15, -0.1) is 0 Å². The molecule has 0 aliphatic carbocycles. The molecule has 0 spiro atoms. The molecule has 3 atom stereocenters. The highest BCUT2D eigenvalue weighted by Crippen LogP contribution is 2.25. The van der Waals surface area contributed by atoms with Gasteiger partial charge in [0.25, 0.3) is 0 Å². The number of carbonyl (C=O) groups is 2. The molecular weight excluding hydrogens is 288 g/mol. The Labute approximate surface area is 116 Å². The Morgan fingerprint density at radius 3 is 2.55 bits per heavy atom. The number of nitrogens with zero attached hydrogens (tertiary/aromatic N) is 1. The molecule has 2 saturated heterocycles. The van der Waals surface area contributed by atoms with Crippen molar-refractivity contribution in [3.05, 3.63) is 0 Å². The van der Waals surface area contributed by atoms with Crippen molar-refractivity contribution in [3.63, 3.8) is 0 Å². The molecule has 0 radical (unpaired) electrons. The number of amides is 2. The van der Waals surface area contributed by atoms with Gasteiger partial charge in [0.1, 0.15) is 6.04 Å². The minimum Gasteiger partial charge on any atom is -0.480 e. The summed E-state index contributed by atoms with van der Waals surface area (Å²) in [5, 5.41) is 21.1. The molecule has 2 rings (SSSR count). The summed E-state index contributed by atoms with van der Waals surface area (Å²) in [6, 6.07) is -1.72. The molecule has 3 N–H and O–H groups in total. The molecule has 2 amide bonds. The lowest BCUT2D eigenvalue weighted by Crippen LogP contribution is -2.54. The van der Waals surface area contributed by atoms with Gasteiger partial charge in [-0.25, -0.2) is 18.0 Å². The molecule has 0 aromatic rings. The monoisotopic (exact) mass is 306 g/mol. The summed E-state index contributed by atoms with van der Waals surface area (Å²) in [5.74, 6) is -1.32. The second-order valence-electron chi connectivity index (χ2n) is 5.73. The van der Waals surface area contributed by atoms with Gasteiger partial charge in [-0.1, -0.05) is 0 Å². The summed E-state index contributed by atoms with van der Waals surface area (Å²) >= 11 is 0. The minimum absolute atomic E-state index is 0.00869. The maximum Gasteiger partial charge on any atom is 0.326 e. The van der Waals surface area contributed by atoms with Gasteiger partial charge in [-0.3, -0.25) is 0 Å². The topological polar surface area (TPSA) is 124 Å². The largest absolute Gasteiger partial charge is 0.480 e. The van der Waals surface area contributed by atoms with Gasteiger partial charge in [0, 0.05) is 13.0 Å². The third kappa shape index (κ3) is 3.04. The van der Waals surface area contributed by atoms with Crippen molar-refractivity contribution in [1.29, 1.82) is 0 Å². The Bertz CT molecular complexity index is 533. The van der Waals surface area contributed by atoms with Gasteiger partial charge in [0.2, 0.25) is 0 Å². The molecule has 114 valence electrons. The predicted molar refractivity (Wildman–Crippen MR) is 69.0 cm³/mol. The van der Waals surface area contributed by atoms with Crippen molar-refractivity contribution in [1.82, 2.24) is 10.2 Å². The zero-order valence-corrected chi connectivity index (χ0v) is 11.9. The van der Waals surface area contributed by atoms with Crippen LogP contribution in [0.3, 0.4) is 0 Å². The lowest BCUT2D eigenvalue weighted by Gasteiger charge is -2.29. The Balaban J connectivity index is 2.07. The van der Waals surface area contributed by atoms with Gasteiger partial charge < -0.3 is 20.4 Å². The van der Waals surface area contributed by atoms with E-state index in [0.29, 0.717) is 6.42 Å². The molecule has 9 heteroatoms. The van der Waals surface area contributed by atoms with Crippen molar-refractivity contribution in [2.75, 3.05) is 18.1 Å². The number of aliphatic hydroxyl groups excluding tert-OH is 1. The second-order valence-corrected chi connectivity index (χ2v) is 7.91. The van der Waals surface area contributed by atoms with E-state index in [1.54, 1.807) is 6.92 Å². The number of rotatable bonds is 2. The molecule has 2 aliphatic heterocycles. The molecule has 2 aliphatic rings. The van der Waals surface area contributed by atoms with E-state index in [1.165, 1.54) is 0 Å². The number of carboxylic acid groups (broad SMARTS) is 1. The van der Waals surface area contributed by atoms with Crippen molar-refractivity contribution >= 4 is 21.8 Å². The molecule has 0 bridgehead atoms. The number of β-amino-alcohol motifs (C(OH)–C–C–N with tert-alkyl or cyclic N) is 1. The summed E-state index contributed by atoms with van der Waals surface area (Å²) in [5.41, 5.74) is -0.882. The maximum absolute atomic E-state index is 12.1. The van der Waals surface area contributed by atoms with Crippen LogP contribution in [0.2, 0.25) is 0 Å². The molecule has 2 fully saturated rings. The molecule has 1 unspecified atom stereocenters. The number of urea groups is 1. The number of aliphatic carboxylic acids is 1. The van der Waals surface area contributed by atoms with Crippen molar-refractivity contribution in [3.8, 4) is 0 Å². The van der Waals surface area contributed by atoms with Crippen molar-refractivity contribution < 1.29 is 28.2 Å². The summed E-state index contributed by atoms with van der Waals surface area (Å²) in [4.78, 5) is 24.2. The van der Waals surface area contributed by atoms with Crippen LogP contribution >= 0.6 is 0 Å². The zero-order chi connectivity index (χ0) is 15.1. The quantitative estimate of drug-likeness (QED) is 0.588. The maximum atomic E-state index is 12.1. The number of aliphatic hydroxyl groups is 1. The number of carbonyl (C=O) groups excluding carboxylic acids is 1. The van der Waals surface area contributed by atoms with Gasteiger partial charge in [0.15, 0.2) is 9.84 Å². The Hall–Kier alpha value is -1.35. The van der Waals surface area contributed by atoms with E-state index in [1.807, 2.05) is 0 Å². The van der Waals surface area contributed by atoms with Gasteiger partial charge in [0.05, 0.1) is 23.1 Å². The Morgan fingerprint density at radius 2 is 2.05 bits per heavy atom. The highest BCUT2D eigenvalue weighted by molar-refractivity contribution is 7.91. The van der Waals surface area contributed by atoms with Gasteiger partial charge in [-0.2, -0.15) is 0 Å². The SMILES string of the molecule is CC1(NC(=O)N2C[C@H](O)C[C@@H]2C(=O)O)CCS(=O)(=O)C1. The summed E-state index contributed by atoms with van der Waals surface area (Å²) in [6.07, 6.45) is -0.588. The molecule has 0 aromatic carbocycles. The summed E-state index contributed by atoms with van der Waals surface area (Å²) < 4.78 is 22.9.